The first-order chi connectivity index (χ1) is 13.1. The fraction of sp³-hybridized carbons (Fsp3) is 0.0833. The molecule has 3 heteroatoms. The molecule has 0 radical (unpaired) electrons. The van der Waals surface area contributed by atoms with E-state index in [-0.39, 0.29) is 5.56 Å². The van der Waals surface area contributed by atoms with Crippen LogP contribution in [0.1, 0.15) is 22.5 Å². The maximum atomic E-state index is 13.3. The summed E-state index contributed by atoms with van der Waals surface area (Å²) in [5.74, 6) is 0.622. The van der Waals surface area contributed by atoms with E-state index >= 15 is 0 Å². The summed E-state index contributed by atoms with van der Waals surface area (Å²) in [4.78, 5) is 18.0. The zero-order valence-electron chi connectivity index (χ0n) is 15.4. The van der Waals surface area contributed by atoms with Gasteiger partial charge in [-0.3, -0.25) is 9.36 Å². The molecule has 0 fully saturated rings. The van der Waals surface area contributed by atoms with E-state index in [0.29, 0.717) is 16.7 Å². The Morgan fingerprint density at radius 1 is 0.778 bits per heavy atom. The number of para-hydroxylation sites is 2. The number of rotatable bonds is 3. The predicted molar refractivity (Wildman–Crippen MR) is 112 cm³/mol. The molecule has 0 atom stereocenters. The lowest BCUT2D eigenvalue weighted by atomic mass is 10.1. The molecular formula is C24H20N2O. The van der Waals surface area contributed by atoms with Crippen molar-refractivity contribution in [3.63, 3.8) is 0 Å². The topological polar surface area (TPSA) is 34.9 Å². The lowest BCUT2D eigenvalue weighted by molar-refractivity contribution is 0.934. The Bertz CT molecular complexity index is 1220. The summed E-state index contributed by atoms with van der Waals surface area (Å²) in [5, 5.41) is 0.619. The molecule has 0 saturated heterocycles. The third-order valence-electron chi connectivity index (χ3n) is 4.76. The fourth-order valence-electron chi connectivity index (χ4n) is 3.25. The van der Waals surface area contributed by atoms with Gasteiger partial charge in [0.15, 0.2) is 0 Å². The monoisotopic (exact) mass is 352 g/mol. The van der Waals surface area contributed by atoms with Crippen LogP contribution in [0.5, 0.6) is 0 Å². The van der Waals surface area contributed by atoms with Crippen LogP contribution in [0.3, 0.4) is 0 Å². The van der Waals surface area contributed by atoms with Crippen LogP contribution in [0.25, 0.3) is 28.7 Å². The van der Waals surface area contributed by atoms with Gasteiger partial charge >= 0.3 is 0 Å². The number of nitrogens with zero attached hydrogens (tertiary/aromatic N) is 2. The fourth-order valence-corrected chi connectivity index (χ4v) is 3.25. The second-order valence-corrected chi connectivity index (χ2v) is 6.60. The van der Waals surface area contributed by atoms with Crippen LogP contribution in [0, 0.1) is 13.8 Å². The summed E-state index contributed by atoms with van der Waals surface area (Å²) in [6.07, 6.45) is 3.93. The molecule has 4 rings (SSSR count). The summed E-state index contributed by atoms with van der Waals surface area (Å²) in [6.45, 7) is 4.08. The zero-order valence-corrected chi connectivity index (χ0v) is 15.4. The molecule has 0 bridgehead atoms. The summed E-state index contributed by atoms with van der Waals surface area (Å²) >= 11 is 0. The van der Waals surface area contributed by atoms with E-state index in [1.54, 1.807) is 4.57 Å². The first-order valence-corrected chi connectivity index (χ1v) is 8.96. The molecule has 0 aliphatic carbocycles. The Morgan fingerprint density at radius 2 is 1.44 bits per heavy atom. The van der Waals surface area contributed by atoms with Crippen molar-refractivity contribution in [3.8, 4) is 5.69 Å². The molecule has 0 unspecified atom stereocenters. The highest BCUT2D eigenvalue weighted by Gasteiger charge is 2.12. The predicted octanol–water partition coefficient (Wildman–Crippen LogP) is 5.17. The number of hydrogen-bond acceptors (Lipinski definition) is 2. The molecule has 1 aromatic heterocycles. The number of hydrogen-bond donors (Lipinski definition) is 0. The van der Waals surface area contributed by atoms with Crippen molar-refractivity contribution in [1.29, 1.82) is 0 Å². The summed E-state index contributed by atoms with van der Waals surface area (Å²) in [7, 11) is 0. The Balaban J connectivity index is 1.99. The second-order valence-electron chi connectivity index (χ2n) is 6.60. The van der Waals surface area contributed by atoms with Crippen molar-refractivity contribution in [2.24, 2.45) is 0 Å². The number of benzene rings is 3. The van der Waals surface area contributed by atoms with Gasteiger partial charge in [0, 0.05) is 0 Å². The van der Waals surface area contributed by atoms with Crippen molar-refractivity contribution < 1.29 is 0 Å². The van der Waals surface area contributed by atoms with Gasteiger partial charge in [0.05, 0.1) is 16.6 Å². The van der Waals surface area contributed by atoms with Crippen molar-refractivity contribution in [2.75, 3.05) is 0 Å². The van der Waals surface area contributed by atoms with Gasteiger partial charge in [0.25, 0.3) is 5.56 Å². The second kappa shape index (κ2) is 7.04. The van der Waals surface area contributed by atoms with E-state index < -0.39 is 0 Å². The highest BCUT2D eigenvalue weighted by molar-refractivity contribution is 5.80. The maximum absolute atomic E-state index is 13.3. The minimum absolute atomic E-state index is 0.0562. The first kappa shape index (κ1) is 17.0. The highest BCUT2D eigenvalue weighted by atomic mass is 16.1. The molecule has 1 heterocycles. The van der Waals surface area contributed by atoms with Crippen LogP contribution in [-0.2, 0) is 0 Å². The smallest absolute Gasteiger partial charge is 0.266 e. The van der Waals surface area contributed by atoms with Crippen LogP contribution >= 0.6 is 0 Å². The van der Waals surface area contributed by atoms with Gasteiger partial charge in [-0.05, 0) is 54.8 Å². The molecule has 0 N–H and O–H groups in total. The van der Waals surface area contributed by atoms with Gasteiger partial charge in [-0.15, -0.1) is 0 Å². The third kappa shape index (κ3) is 3.20. The lowest BCUT2D eigenvalue weighted by Gasteiger charge is -2.13. The van der Waals surface area contributed by atoms with E-state index in [1.807, 2.05) is 79.7 Å². The Morgan fingerprint density at radius 3 is 2.22 bits per heavy atom. The SMILES string of the molecule is Cc1ccccc1C=Cc1nc2ccccc2c(=O)n1-c1ccccc1C. The number of fused-ring (bicyclic) bond motifs is 1. The van der Waals surface area contributed by atoms with Gasteiger partial charge in [0.2, 0.25) is 0 Å². The van der Waals surface area contributed by atoms with Crippen molar-refractivity contribution in [2.45, 2.75) is 13.8 Å². The van der Waals surface area contributed by atoms with Crippen molar-refractivity contribution in [1.82, 2.24) is 9.55 Å². The largest absolute Gasteiger partial charge is 0.268 e. The van der Waals surface area contributed by atoms with Crippen molar-refractivity contribution >= 4 is 23.1 Å². The van der Waals surface area contributed by atoms with Crippen LogP contribution < -0.4 is 5.56 Å². The molecule has 4 aromatic rings. The molecule has 0 amide bonds. The average Bonchev–Trinajstić information content (AvgIpc) is 2.68. The zero-order chi connectivity index (χ0) is 18.8. The van der Waals surface area contributed by atoms with Gasteiger partial charge in [-0.1, -0.05) is 60.7 Å². The first-order valence-electron chi connectivity index (χ1n) is 8.96. The summed E-state index contributed by atoms with van der Waals surface area (Å²) in [6, 6.07) is 23.5. The Labute approximate surface area is 158 Å². The lowest BCUT2D eigenvalue weighted by Crippen LogP contribution is -2.23. The Kier molecular flexibility index (Phi) is 4.43. The van der Waals surface area contributed by atoms with Crippen LogP contribution in [0.4, 0.5) is 0 Å². The molecule has 3 aromatic carbocycles. The minimum atomic E-state index is -0.0562. The van der Waals surface area contributed by atoms with E-state index in [0.717, 1.165) is 16.8 Å². The van der Waals surface area contributed by atoms with E-state index in [2.05, 4.69) is 19.1 Å². The molecule has 0 aliphatic rings. The molecule has 0 spiro atoms. The molecule has 0 saturated carbocycles. The average molecular weight is 352 g/mol. The normalized spacial score (nSPS) is 11.3. The van der Waals surface area contributed by atoms with Crippen molar-refractivity contribution in [3.05, 3.63) is 106 Å². The quantitative estimate of drug-likeness (QED) is 0.510. The maximum Gasteiger partial charge on any atom is 0.266 e. The number of aryl methyl sites for hydroxylation is 2. The minimum Gasteiger partial charge on any atom is -0.268 e. The summed E-state index contributed by atoms with van der Waals surface area (Å²) < 4.78 is 1.70. The summed E-state index contributed by atoms with van der Waals surface area (Å²) in [5.41, 5.74) is 4.82. The molecular weight excluding hydrogens is 332 g/mol. The van der Waals surface area contributed by atoms with E-state index in [4.69, 9.17) is 4.98 Å². The van der Waals surface area contributed by atoms with Gasteiger partial charge in [-0.2, -0.15) is 0 Å². The van der Waals surface area contributed by atoms with Crippen LogP contribution in [-0.4, -0.2) is 9.55 Å². The molecule has 27 heavy (non-hydrogen) atoms. The molecule has 0 aliphatic heterocycles. The number of aromatic nitrogens is 2. The molecule has 132 valence electrons. The van der Waals surface area contributed by atoms with Crippen LogP contribution in [0.15, 0.2) is 77.6 Å². The van der Waals surface area contributed by atoms with E-state index in [1.165, 1.54) is 5.56 Å². The third-order valence-corrected chi connectivity index (χ3v) is 4.76. The highest BCUT2D eigenvalue weighted by Crippen LogP contribution is 2.18. The van der Waals surface area contributed by atoms with E-state index in [9.17, 15) is 4.79 Å². The Hall–Kier alpha value is -3.46. The standard InChI is InChI=1S/C24H20N2O/c1-17-9-3-5-11-19(17)15-16-23-25-21-13-7-6-12-20(21)24(27)26(23)22-14-8-4-10-18(22)2/h3-16H,1-2H3. The van der Waals surface area contributed by atoms with Gasteiger partial charge < -0.3 is 0 Å². The van der Waals surface area contributed by atoms with Gasteiger partial charge in [0.1, 0.15) is 5.82 Å². The van der Waals surface area contributed by atoms with Gasteiger partial charge in [-0.25, -0.2) is 4.98 Å². The molecule has 3 nitrogen and oxygen atoms in total. The van der Waals surface area contributed by atoms with Crippen LogP contribution in [0.2, 0.25) is 0 Å².